The minimum atomic E-state index is -0.297. The van der Waals surface area contributed by atoms with Crippen molar-refractivity contribution in [2.24, 2.45) is 0 Å². The molecule has 0 radical (unpaired) electrons. The molecule has 6 heteroatoms. The minimum Gasteiger partial charge on any atom is -0.496 e. The fraction of sp³-hybridized carbons (Fsp3) is 0.176. The molecule has 0 atom stereocenters. The molecule has 0 aliphatic heterocycles. The number of nitrogens with zero attached hydrogens (tertiary/aromatic N) is 2. The largest absolute Gasteiger partial charge is 0.496 e. The predicted octanol–water partition coefficient (Wildman–Crippen LogP) is 4.49. The van der Waals surface area contributed by atoms with Gasteiger partial charge in [0.15, 0.2) is 0 Å². The van der Waals surface area contributed by atoms with E-state index >= 15 is 0 Å². The molecule has 0 amide bonds. The van der Waals surface area contributed by atoms with Crippen molar-refractivity contribution in [3.63, 3.8) is 0 Å². The van der Waals surface area contributed by atoms with Crippen molar-refractivity contribution < 1.29 is 13.5 Å². The third-order valence-corrected chi connectivity index (χ3v) is 4.15. The van der Waals surface area contributed by atoms with E-state index in [9.17, 15) is 4.39 Å². The molecule has 0 saturated heterocycles. The summed E-state index contributed by atoms with van der Waals surface area (Å²) < 4.78 is 23.9. The highest BCUT2D eigenvalue weighted by Crippen LogP contribution is 2.29. The Bertz CT molecular complexity index is 803. The summed E-state index contributed by atoms with van der Waals surface area (Å²) in [6.45, 7) is 2.03. The minimum absolute atomic E-state index is 0.297. The van der Waals surface area contributed by atoms with Crippen LogP contribution in [0.25, 0.3) is 11.5 Å². The number of benzene rings is 2. The molecule has 0 unspecified atom stereocenters. The highest BCUT2D eigenvalue weighted by molar-refractivity contribution is 7.98. The summed E-state index contributed by atoms with van der Waals surface area (Å²) in [6, 6.07) is 12.0. The molecule has 3 rings (SSSR count). The molecule has 118 valence electrons. The number of halogens is 1. The van der Waals surface area contributed by atoms with Crippen molar-refractivity contribution in [3.8, 4) is 17.2 Å². The van der Waals surface area contributed by atoms with Crippen LogP contribution >= 0.6 is 11.8 Å². The van der Waals surface area contributed by atoms with Gasteiger partial charge in [-0.3, -0.25) is 0 Å². The molecular formula is C17H15FN2O2S. The number of ether oxygens (including phenoxy) is 1. The van der Waals surface area contributed by atoms with Gasteiger partial charge in [0.25, 0.3) is 5.22 Å². The van der Waals surface area contributed by atoms with Crippen LogP contribution in [0.1, 0.15) is 11.1 Å². The van der Waals surface area contributed by atoms with E-state index < -0.39 is 0 Å². The van der Waals surface area contributed by atoms with Crippen molar-refractivity contribution in [1.82, 2.24) is 10.2 Å². The molecule has 0 bridgehead atoms. The zero-order chi connectivity index (χ0) is 16.2. The zero-order valence-electron chi connectivity index (χ0n) is 12.7. The molecule has 1 aromatic heterocycles. The van der Waals surface area contributed by atoms with Gasteiger partial charge in [-0.2, -0.15) is 0 Å². The third-order valence-electron chi connectivity index (χ3n) is 3.28. The molecule has 0 N–H and O–H groups in total. The summed E-state index contributed by atoms with van der Waals surface area (Å²) in [7, 11) is 1.65. The number of thioether (sulfide) groups is 1. The number of aromatic nitrogens is 2. The summed E-state index contributed by atoms with van der Waals surface area (Å²) in [4.78, 5) is 0. The van der Waals surface area contributed by atoms with Crippen LogP contribution in [0.15, 0.2) is 52.1 Å². The Morgan fingerprint density at radius 1 is 1.13 bits per heavy atom. The van der Waals surface area contributed by atoms with Gasteiger partial charge in [-0.25, -0.2) is 4.39 Å². The Morgan fingerprint density at radius 3 is 2.65 bits per heavy atom. The molecule has 0 aliphatic rings. The fourth-order valence-corrected chi connectivity index (χ4v) is 2.88. The van der Waals surface area contributed by atoms with Crippen LogP contribution in [-0.2, 0) is 5.75 Å². The smallest absolute Gasteiger partial charge is 0.277 e. The predicted molar refractivity (Wildman–Crippen MR) is 87.0 cm³/mol. The Labute approximate surface area is 137 Å². The summed E-state index contributed by atoms with van der Waals surface area (Å²) in [5, 5.41) is 8.48. The lowest BCUT2D eigenvalue weighted by atomic mass is 10.1. The topological polar surface area (TPSA) is 48.2 Å². The van der Waals surface area contributed by atoms with Crippen LogP contribution in [0.4, 0.5) is 4.39 Å². The molecule has 1 heterocycles. The van der Waals surface area contributed by atoms with Crippen LogP contribution in [0, 0.1) is 12.7 Å². The molecule has 0 fully saturated rings. The molecule has 3 aromatic rings. The lowest BCUT2D eigenvalue weighted by Crippen LogP contribution is -1.91. The molecule has 0 spiro atoms. The zero-order valence-corrected chi connectivity index (χ0v) is 13.6. The van der Waals surface area contributed by atoms with Crippen LogP contribution in [0.2, 0.25) is 0 Å². The van der Waals surface area contributed by atoms with Crippen molar-refractivity contribution >= 4 is 11.8 Å². The van der Waals surface area contributed by atoms with Gasteiger partial charge in [-0.1, -0.05) is 29.5 Å². The summed E-state index contributed by atoms with van der Waals surface area (Å²) >= 11 is 1.44. The number of rotatable bonds is 5. The second kappa shape index (κ2) is 6.83. The molecule has 0 saturated carbocycles. The van der Waals surface area contributed by atoms with E-state index in [2.05, 4.69) is 16.3 Å². The van der Waals surface area contributed by atoms with Gasteiger partial charge in [0.1, 0.15) is 11.6 Å². The first-order valence-electron chi connectivity index (χ1n) is 7.01. The monoisotopic (exact) mass is 330 g/mol. The number of methoxy groups -OCH3 is 1. The van der Waals surface area contributed by atoms with E-state index in [1.54, 1.807) is 19.2 Å². The summed E-state index contributed by atoms with van der Waals surface area (Å²) in [6.07, 6.45) is 0. The van der Waals surface area contributed by atoms with E-state index in [1.165, 1.54) is 29.5 Å². The SMILES string of the molecule is COc1ccc(C)cc1CSc1nnc(-c2ccc(F)cc2)o1. The van der Waals surface area contributed by atoms with E-state index in [0.717, 1.165) is 11.3 Å². The second-order valence-corrected chi connectivity index (χ2v) is 5.91. The molecular weight excluding hydrogens is 315 g/mol. The quantitative estimate of drug-likeness (QED) is 0.645. The van der Waals surface area contributed by atoms with Crippen molar-refractivity contribution in [2.45, 2.75) is 17.9 Å². The number of aryl methyl sites for hydroxylation is 1. The Hall–Kier alpha value is -2.34. The van der Waals surface area contributed by atoms with Gasteiger partial charge >= 0.3 is 0 Å². The maximum atomic E-state index is 12.9. The number of hydrogen-bond donors (Lipinski definition) is 0. The van der Waals surface area contributed by atoms with Gasteiger partial charge in [0, 0.05) is 16.9 Å². The maximum absolute atomic E-state index is 12.9. The Balaban J connectivity index is 1.72. The first-order chi connectivity index (χ1) is 11.2. The Kier molecular flexibility index (Phi) is 4.62. The number of hydrogen-bond acceptors (Lipinski definition) is 5. The van der Waals surface area contributed by atoms with Crippen molar-refractivity contribution in [1.29, 1.82) is 0 Å². The van der Waals surface area contributed by atoms with E-state index in [-0.39, 0.29) is 5.82 Å². The molecule has 0 aliphatic carbocycles. The highest BCUT2D eigenvalue weighted by atomic mass is 32.2. The van der Waals surface area contributed by atoms with Crippen LogP contribution in [0.3, 0.4) is 0 Å². The van der Waals surface area contributed by atoms with E-state index in [4.69, 9.17) is 9.15 Å². The van der Waals surface area contributed by atoms with Gasteiger partial charge in [-0.15, -0.1) is 10.2 Å². The Morgan fingerprint density at radius 2 is 1.91 bits per heavy atom. The van der Waals surface area contributed by atoms with E-state index in [0.29, 0.717) is 22.4 Å². The van der Waals surface area contributed by atoms with Crippen molar-refractivity contribution in [2.75, 3.05) is 7.11 Å². The maximum Gasteiger partial charge on any atom is 0.277 e. The first-order valence-corrected chi connectivity index (χ1v) is 8.00. The van der Waals surface area contributed by atoms with Crippen LogP contribution < -0.4 is 4.74 Å². The summed E-state index contributed by atoms with van der Waals surface area (Å²) in [5.41, 5.74) is 2.93. The van der Waals surface area contributed by atoms with Crippen LogP contribution in [0.5, 0.6) is 5.75 Å². The first kappa shape index (κ1) is 15.6. The lowest BCUT2D eigenvalue weighted by molar-refractivity contribution is 0.411. The standard InChI is InChI=1S/C17H15FN2O2S/c1-11-3-8-15(21-2)13(9-11)10-23-17-20-19-16(22-17)12-4-6-14(18)7-5-12/h3-9H,10H2,1-2H3. The lowest BCUT2D eigenvalue weighted by Gasteiger charge is -2.07. The van der Waals surface area contributed by atoms with Gasteiger partial charge in [0.05, 0.1) is 7.11 Å². The average Bonchev–Trinajstić information content (AvgIpc) is 3.03. The van der Waals surface area contributed by atoms with Crippen LogP contribution in [-0.4, -0.2) is 17.3 Å². The van der Waals surface area contributed by atoms with E-state index in [1.807, 2.05) is 19.1 Å². The van der Waals surface area contributed by atoms with Gasteiger partial charge in [-0.05, 0) is 37.3 Å². The average molecular weight is 330 g/mol. The summed E-state index contributed by atoms with van der Waals surface area (Å²) in [5.74, 6) is 1.58. The normalized spacial score (nSPS) is 10.7. The third kappa shape index (κ3) is 3.71. The second-order valence-electron chi connectivity index (χ2n) is 4.98. The van der Waals surface area contributed by atoms with Gasteiger partial charge in [0.2, 0.25) is 5.89 Å². The van der Waals surface area contributed by atoms with Gasteiger partial charge < -0.3 is 9.15 Å². The molecule has 23 heavy (non-hydrogen) atoms. The highest BCUT2D eigenvalue weighted by Gasteiger charge is 2.11. The fourth-order valence-electron chi connectivity index (χ4n) is 2.14. The van der Waals surface area contributed by atoms with Crippen molar-refractivity contribution in [3.05, 3.63) is 59.4 Å². The molecule has 4 nitrogen and oxygen atoms in total. The molecule has 2 aromatic carbocycles.